The summed E-state index contributed by atoms with van der Waals surface area (Å²) < 4.78 is 40.6. The third-order valence-electron chi connectivity index (χ3n) is 2.72. The van der Waals surface area contributed by atoms with E-state index in [-0.39, 0.29) is 5.75 Å². The smallest absolute Gasteiger partial charge is 0.405 e. The fourth-order valence-corrected chi connectivity index (χ4v) is 1.77. The minimum absolute atomic E-state index is 0.129. The molecule has 1 aromatic carbocycles. The molecule has 0 aliphatic carbocycles. The molecule has 1 N–H and O–H groups in total. The molecule has 0 spiro atoms. The molecule has 5 heteroatoms. The zero-order valence-electron chi connectivity index (χ0n) is 11.1. The van der Waals surface area contributed by atoms with Crippen molar-refractivity contribution in [2.75, 3.05) is 6.54 Å². The molecule has 19 heavy (non-hydrogen) atoms. The highest BCUT2D eigenvalue weighted by Gasteiger charge is 2.31. The largest absolute Gasteiger partial charge is 0.573 e. The lowest BCUT2D eigenvalue weighted by molar-refractivity contribution is -0.274. The molecule has 0 saturated carbocycles. The summed E-state index contributed by atoms with van der Waals surface area (Å²) in [4.78, 5) is 0. The highest BCUT2D eigenvalue weighted by Crippen LogP contribution is 2.25. The summed E-state index contributed by atoms with van der Waals surface area (Å²) in [6, 6.07) is 6.21. The molecule has 1 rings (SSSR count). The first-order valence-corrected chi connectivity index (χ1v) is 6.57. The molecule has 0 aliphatic rings. The Labute approximate surface area is 112 Å². The van der Waals surface area contributed by atoms with Crippen LogP contribution in [-0.4, -0.2) is 12.9 Å². The third-order valence-corrected chi connectivity index (χ3v) is 2.72. The van der Waals surface area contributed by atoms with Crippen molar-refractivity contribution in [2.45, 2.75) is 45.5 Å². The van der Waals surface area contributed by atoms with Crippen LogP contribution < -0.4 is 10.1 Å². The topological polar surface area (TPSA) is 21.3 Å². The van der Waals surface area contributed by atoms with Crippen molar-refractivity contribution in [3.8, 4) is 5.75 Å². The van der Waals surface area contributed by atoms with Crippen LogP contribution in [0.1, 0.15) is 38.2 Å². The van der Waals surface area contributed by atoms with E-state index in [9.17, 15) is 13.2 Å². The van der Waals surface area contributed by atoms with Gasteiger partial charge in [0.05, 0.1) is 0 Å². The van der Waals surface area contributed by atoms with Crippen molar-refractivity contribution in [3.05, 3.63) is 29.8 Å². The molecule has 0 unspecified atom stereocenters. The van der Waals surface area contributed by atoms with Gasteiger partial charge in [-0.1, -0.05) is 44.4 Å². The van der Waals surface area contributed by atoms with E-state index in [2.05, 4.69) is 17.0 Å². The Morgan fingerprint density at radius 2 is 1.84 bits per heavy atom. The number of para-hydroxylation sites is 1. The van der Waals surface area contributed by atoms with Gasteiger partial charge in [-0.2, -0.15) is 0 Å². The monoisotopic (exact) mass is 275 g/mol. The lowest BCUT2D eigenvalue weighted by Crippen LogP contribution is -2.20. The normalized spacial score (nSPS) is 11.6. The minimum atomic E-state index is -4.64. The third kappa shape index (κ3) is 7.06. The van der Waals surface area contributed by atoms with Gasteiger partial charge in [0, 0.05) is 12.1 Å². The van der Waals surface area contributed by atoms with Gasteiger partial charge in [0.25, 0.3) is 0 Å². The molecule has 0 fully saturated rings. The number of ether oxygens (including phenoxy) is 1. The second-order valence-electron chi connectivity index (χ2n) is 4.39. The van der Waals surface area contributed by atoms with E-state index in [1.54, 1.807) is 12.1 Å². The molecule has 0 saturated heterocycles. The second-order valence-corrected chi connectivity index (χ2v) is 4.39. The maximum atomic E-state index is 12.2. The molecule has 2 nitrogen and oxygen atoms in total. The van der Waals surface area contributed by atoms with Gasteiger partial charge in [0.2, 0.25) is 0 Å². The Kier molecular flexibility index (Phi) is 6.70. The van der Waals surface area contributed by atoms with Crippen molar-refractivity contribution in [2.24, 2.45) is 0 Å². The first kappa shape index (κ1) is 15.8. The van der Waals surface area contributed by atoms with Crippen LogP contribution in [-0.2, 0) is 6.54 Å². The van der Waals surface area contributed by atoms with Crippen molar-refractivity contribution in [1.82, 2.24) is 5.32 Å². The van der Waals surface area contributed by atoms with Gasteiger partial charge in [-0.05, 0) is 19.0 Å². The summed E-state index contributed by atoms with van der Waals surface area (Å²) in [6.07, 6.45) is -0.102. The molecule has 108 valence electrons. The number of alkyl halides is 3. The Balaban J connectivity index is 2.40. The fourth-order valence-electron chi connectivity index (χ4n) is 1.77. The zero-order chi connectivity index (χ0) is 14.1. The van der Waals surface area contributed by atoms with Crippen LogP contribution in [0.25, 0.3) is 0 Å². The molecule has 1 aromatic rings. The van der Waals surface area contributed by atoms with Crippen LogP contribution >= 0.6 is 0 Å². The Hall–Kier alpha value is -1.23. The Bertz CT molecular complexity index is 366. The maximum absolute atomic E-state index is 12.2. The maximum Gasteiger partial charge on any atom is 0.573 e. The average molecular weight is 275 g/mol. The zero-order valence-corrected chi connectivity index (χ0v) is 11.1. The predicted octanol–water partition coefficient (Wildman–Crippen LogP) is 4.26. The summed E-state index contributed by atoms with van der Waals surface area (Å²) in [6.45, 7) is 3.33. The number of hydrogen-bond acceptors (Lipinski definition) is 2. The lowest BCUT2D eigenvalue weighted by Gasteiger charge is -2.13. The molecule has 0 aliphatic heterocycles. The Morgan fingerprint density at radius 1 is 1.11 bits per heavy atom. The SMILES string of the molecule is CCCCCCNCc1ccccc1OC(F)(F)F. The summed E-state index contributed by atoms with van der Waals surface area (Å²) >= 11 is 0. The van der Waals surface area contributed by atoms with Crippen LogP contribution in [0.3, 0.4) is 0 Å². The molecule has 0 aromatic heterocycles. The van der Waals surface area contributed by atoms with Gasteiger partial charge in [-0.15, -0.1) is 13.2 Å². The van der Waals surface area contributed by atoms with Gasteiger partial charge in [0.1, 0.15) is 5.75 Å². The van der Waals surface area contributed by atoms with Gasteiger partial charge >= 0.3 is 6.36 Å². The summed E-state index contributed by atoms with van der Waals surface area (Å²) in [5, 5.41) is 3.14. The van der Waals surface area contributed by atoms with Crippen molar-refractivity contribution >= 4 is 0 Å². The summed E-state index contributed by atoms with van der Waals surface area (Å²) in [5.74, 6) is -0.129. The van der Waals surface area contributed by atoms with E-state index < -0.39 is 6.36 Å². The second kappa shape index (κ2) is 8.04. The fraction of sp³-hybridized carbons (Fsp3) is 0.571. The van der Waals surface area contributed by atoms with Crippen molar-refractivity contribution in [3.63, 3.8) is 0 Å². The van der Waals surface area contributed by atoms with Gasteiger partial charge in [0.15, 0.2) is 0 Å². The first-order valence-electron chi connectivity index (χ1n) is 6.57. The van der Waals surface area contributed by atoms with Gasteiger partial charge in [-0.3, -0.25) is 0 Å². The quantitative estimate of drug-likeness (QED) is 0.716. The molecular formula is C14H20F3NO. The average Bonchev–Trinajstić information content (AvgIpc) is 2.33. The van der Waals surface area contributed by atoms with E-state index >= 15 is 0 Å². The molecule has 0 atom stereocenters. The van der Waals surface area contributed by atoms with Gasteiger partial charge in [-0.25, -0.2) is 0 Å². The number of unbranched alkanes of at least 4 members (excludes halogenated alkanes) is 3. The highest BCUT2D eigenvalue weighted by atomic mass is 19.4. The number of hydrogen-bond donors (Lipinski definition) is 1. The highest BCUT2D eigenvalue weighted by molar-refractivity contribution is 5.33. The van der Waals surface area contributed by atoms with Crippen molar-refractivity contribution in [1.29, 1.82) is 0 Å². The first-order chi connectivity index (χ1) is 9.03. The van der Waals surface area contributed by atoms with Crippen LogP contribution in [0.4, 0.5) is 13.2 Å². The van der Waals surface area contributed by atoms with E-state index in [0.717, 1.165) is 19.4 Å². The number of rotatable bonds is 8. The summed E-state index contributed by atoms with van der Waals surface area (Å²) in [5.41, 5.74) is 0.523. The van der Waals surface area contributed by atoms with Crippen molar-refractivity contribution < 1.29 is 17.9 Å². The van der Waals surface area contributed by atoms with E-state index in [1.165, 1.54) is 25.0 Å². The van der Waals surface area contributed by atoms with Gasteiger partial charge < -0.3 is 10.1 Å². The number of halogens is 3. The number of nitrogens with one attached hydrogen (secondary N) is 1. The van der Waals surface area contributed by atoms with E-state index in [1.807, 2.05) is 0 Å². The van der Waals surface area contributed by atoms with Crippen LogP contribution in [0.2, 0.25) is 0 Å². The molecule has 0 bridgehead atoms. The molecule has 0 amide bonds. The van der Waals surface area contributed by atoms with Crippen LogP contribution in [0, 0.1) is 0 Å². The molecule has 0 heterocycles. The number of benzene rings is 1. The predicted molar refractivity (Wildman–Crippen MR) is 69.0 cm³/mol. The molecular weight excluding hydrogens is 255 g/mol. The van der Waals surface area contributed by atoms with Crippen LogP contribution in [0.5, 0.6) is 5.75 Å². The van der Waals surface area contributed by atoms with E-state index in [4.69, 9.17) is 0 Å². The summed E-state index contributed by atoms with van der Waals surface area (Å²) in [7, 11) is 0. The van der Waals surface area contributed by atoms with E-state index in [0.29, 0.717) is 12.1 Å². The van der Waals surface area contributed by atoms with Crippen LogP contribution in [0.15, 0.2) is 24.3 Å². The minimum Gasteiger partial charge on any atom is -0.405 e. The molecule has 0 radical (unpaired) electrons. The standard InChI is InChI=1S/C14H20F3NO/c1-2-3-4-7-10-18-11-12-8-5-6-9-13(12)19-14(15,16)17/h5-6,8-9,18H,2-4,7,10-11H2,1H3. The lowest BCUT2D eigenvalue weighted by atomic mass is 10.2. The Morgan fingerprint density at radius 3 is 2.53 bits per heavy atom.